The van der Waals surface area contributed by atoms with Crippen LogP contribution in [0, 0.1) is 11.7 Å². The second-order valence-electron chi connectivity index (χ2n) is 8.47. The predicted octanol–water partition coefficient (Wildman–Crippen LogP) is 3.24. The summed E-state index contributed by atoms with van der Waals surface area (Å²) >= 11 is 0. The van der Waals surface area contributed by atoms with Gasteiger partial charge in [0.15, 0.2) is 0 Å². The minimum Gasteiger partial charge on any atom is -0.352 e. The zero-order valence-electron chi connectivity index (χ0n) is 17.9. The fraction of sp³-hybridized carbons (Fsp3) is 0.652. The van der Waals surface area contributed by atoms with Crippen molar-refractivity contribution in [3.63, 3.8) is 0 Å². The first-order chi connectivity index (χ1) is 14.6. The fourth-order valence-electron chi connectivity index (χ4n) is 4.34. The normalized spacial score (nSPS) is 18.6. The molecule has 2 aliphatic rings. The molecule has 0 aliphatic carbocycles. The first-order valence-corrected chi connectivity index (χ1v) is 11.4. The second kappa shape index (κ2) is 11.9. The maximum absolute atomic E-state index is 13.6. The largest absolute Gasteiger partial charge is 0.352 e. The van der Waals surface area contributed by atoms with Crippen LogP contribution in [0.4, 0.5) is 9.18 Å². The molecule has 0 spiro atoms. The first-order valence-electron chi connectivity index (χ1n) is 11.4. The summed E-state index contributed by atoms with van der Waals surface area (Å²) in [6, 6.07) is 5.90. The molecule has 166 valence electrons. The number of nitrogens with one attached hydrogen (secondary N) is 2. The maximum atomic E-state index is 13.6. The topological polar surface area (TPSA) is 64.7 Å². The lowest BCUT2D eigenvalue weighted by molar-refractivity contribution is 0.0949. The van der Waals surface area contributed by atoms with Gasteiger partial charge in [-0.1, -0.05) is 25.0 Å². The number of likely N-dealkylation sites (tertiary alicyclic amines) is 2. The lowest BCUT2D eigenvalue weighted by atomic mass is 9.96. The molecular formula is C23H35FN4O2. The number of carbonyl (C=O) groups excluding carboxylic acids is 2. The highest BCUT2D eigenvalue weighted by Gasteiger charge is 2.24. The number of nitrogens with zero attached hydrogens (tertiary/aromatic N) is 2. The Kier molecular flexibility index (Phi) is 8.93. The summed E-state index contributed by atoms with van der Waals surface area (Å²) in [4.78, 5) is 28.8. The van der Waals surface area contributed by atoms with Crippen molar-refractivity contribution in [2.45, 2.75) is 44.9 Å². The smallest absolute Gasteiger partial charge is 0.317 e. The van der Waals surface area contributed by atoms with Crippen molar-refractivity contribution < 1.29 is 14.0 Å². The second-order valence-corrected chi connectivity index (χ2v) is 8.47. The quantitative estimate of drug-likeness (QED) is 0.668. The van der Waals surface area contributed by atoms with E-state index in [0.717, 1.165) is 25.9 Å². The van der Waals surface area contributed by atoms with Gasteiger partial charge in [-0.25, -0.2) is 9.18 Å². The van der Waals surface area contributed by atoms with Gasteiger partial charge in [0.1, 0.15) is 5.82 Å². The van der Waals surface area contributed by atoms with Gasteiger partial charge in [0.25, 0.3) is 5.91 Å². The molecule has 0 unspecified atom stereocenters. The molecular weight excluding hydrogens is 383 g/mol. The average Bonchev–Trinajstić information content (AvgIpc) is 3.03. The number of halogens is 1. The van der Waals surface area contributed by atoms with E-state index in [0.29, 0.717) is 25.4 Å². The highest BCUT2D eigenvalue weighted by Crippen LogP contribution is 2.20. The van der Waals surface area contributed by atoms with Gasteiger partial charge in [0.05, 0.1) is 5.56 Å². The van der Waals surface area contributed by atoms with Crippen molar-refractivity contribution in [2.24, 2.45) is 5.92 Å². The van der Waals surface area contributed by atoms with Crippen molar-refractivity contribution in [1.29, 1.82) is 0 Å². The third-order valence-corrected chi connectivity index (χ3v) is 6.15. The summed E-state index contributed by atoms with van der Waals surface area (Å²) in [6.07, 6.45) is 8.12. The van der Waals surface area contributed by atoms with E-state index >= 15 is 0 Å². The van der Waals surface area contributed by atoms with E-state index in [-0.39, 0.29) is 11.6 Å². The van der Waals surface area contributed by atoms with E-state index in [2.05, 4.69) is 15.5 Å². The lowest BCUT2D eigenvalue weighted by Crippen LogP contribution is -2.46. The molecule has 6 nitrogen and oxygen atoms in total. The van der Waals surface area contributed by atoms with E-state index in [1.54, 1.807) is 12.1 Å². The van der Waals surface area contributed by atoms with Gasteiger partial charge in [0, 0.05) is 32.7 Å². The van der Waals surface area contributed by atoms with E-state index in [1.165, 1.54) is 57.5 Å². The van der Waals surface area contributed by atoms with E-state index in [4.69, 9.17) is 0 Å². The van der Waals surface area contributed by atoms with Gasteiger partial charge in [-0.2, -0.15) is 0 Å². The Labute approximate surface area is 179 Å². The monoisotopic (exact) mass is 418 g/mol. The molecule has 2 fully saturated rings. The number of urea groups is 1. The van der Waals surface area contributed by atoms with Crippen LogP contribution < -0.4 is 10.6 Å². The summed E-state index contributed by atoms with van der Waals surface area (Å²) in [5, 5.41) is 5.63. The van der Waals surface area contributed by atoms with E-state index in [9.17, 15) is 14.0 Å². The molecule has 2 aliphatic heterocycles. The molecule has 1 aromatic rings. The molecule has 0 saturated carbocycles. The minimum atomic E-state index is -0.525. The Hall–Kier alpha value is -2.15. The van der Waals surface area contributed by atoms with E-state index in [1.807, 2.05) is 4.90 Å². The van der Waals surface area contributed by atoms with Gasteiger partial charge < -0.3 is 20.4 Å². The third kappa shape index (κ3) is 6.97. The molecule has 30 heavy (non-hydrogen) atoms. The summed E-state index contributed by atoms with van der Waals surface area (Å²) in [7, 11) is 0. The predicted molar refractivity (Wildman–Crippen MR) is 116 cm³/mol. The summed E-state index contributed by atoms with van der Waals surface area (Å²) < 4.78 is 13.6. The summed E-state index contributed by atoms with van der Waals surface area (Å²) in [5.41, 5.74) is 0.0459. The molecule has 7 heteroatoms. The molecule has 0 radical (unpaired) electrons. The summed E-state index contributed by atoms with van der Waals surface area (Å²) in [6.45, 7) is 6.15. The molecule has 0 aromatic heterocycles. The zero-order chi connectivity index (χ0) is 21.2. The number of benzene rings is 1. The molecule has 1 aromatic carbocycles. The van der Waals surface area contributed by atoms with Gasteiger partial charge in [-0.05, 0) is 63.2 Å². The van der Waals surface area contributed by atoms with Gasteiger partial charge in [-0.15, -0.1) is 0 Å². The highest BCUT2D eigenvalue weighted by atomic mass is 19.1. The van der Waals surface area contributed by atoms with Crippen LogP contribution in [0.15, 0.2) is 24.3 Å². The van der Waals surface area contributed by atoms with Crippen LogP contribution in [0.5, 0.6) is 0 Å². The van der Waals surface area contributed by atoms with E-state index < -0.39 is 11.7 Å². The Morgan fingerprint density at radius 3 is 2.30 bits per heavy atom. The Morgan fingerprint density at radius 1 is 0.933 bits per heavy atom. The first kappa shape index (κ1) is 22.5. The van der Waals surface area contributed by atoms with Gasteiger partial charge in [-0.3, -0.25) is 4.79 Å². The molecule has 0 atom stereocenters. The van der Waals surface area contributed by atoms with Crippen LogP contribution in [-0.4, -0.2) is 67.6 Å². The fourth-order valence-corrected chi connectivity index (χ4v) is 4.34. The molecule has 2 heterocycles. The van der Waals surface area contributed by atoms with Crippen molar-refractivity contribution in [2.75, 3.05) is 45.8 Å². The summed E-state index contributed by atoms with van der Waals surface area (Å²) in [5.74, 6) is -0.255. The Bertz CT molecular complexity index is 684. The zero-order valence-corrected chi connectivity index (χ0v) is 17.9. The van der Waals surface area contributed by atoms with Gasteiger partial charge >= 0.3 is 6.03 Å². The van der Waals surface area contributed by atoms with Crippen LogP contribution in [0.25, 0.3) is 0 Å². The molecule has 3 rings (SSSR count). The van der Waals surface area contributed by atoms with Crippen LogP contribution >= 0.6 is 0 Å². The minimum absolute atomic E-state index is 0.0244. The van der Waals surface area contributed by atoms with Crippen molar-refractivity contribution in [1.82, 2.24) is 20.4 Å². The standard InChI is InChI=1S/C23H35FN4O2/c24-21-9-4-3-8-20(21)22(29)25-12-7-13-26-23(30)28-16-10-19(11-17-28)18-27-14-5-1-2-6-15-27/h3-4,8-9,19H,1-2,5-7,10-18H2,(H,25,29)(H,26,30). The number of hydrogen-bond acceptors (Lipinski definition) is 3. The number of rotatable bonds is 7. The average molecular weight is 419 g/mol. The van der Waals surface area contributed by atoms with Crippen molar-refractivity contribution in [3.05, 3.63) is 35.6 Å². The molecule has 2 saturated heterocycles. The van der Waals surface area contributed by atoms with Crippen LogP contribution in [0.3, 0.4) is 0 Å². The number of hydrogen-bond donors (Lipinski definition) is 2. The Morgan fingerprint density at radius 2 is 1.60 bits per heavy atom. The molecule has 2 N–H and O–H groups in total. The number of piperidine rings is 1. The van der Waals surface area contributed by atoms with Crippen LogP contribution in [-0.2, 0) is 0 Å². The van der Waals surface area contributed by atoms with Crippen LogP contribution in [0.1, 0.15) is 55.3 Å². The Balaban J connectivity index is 1.27. The van der Waals surface area contributed by atoms with Crippen LogP contribution in [0.2, 0.25) is 0 Å². The van der Waals surface area contributed by atoms with Crippen molar-refractivity contribution in [3.8, 4) is 0 Å². The molecule has 3 amide bonds. The van der Waals surface area contributed by atoms with Gasteiger partial charge in [0.2, 0.25) is 0 Å². The lowest BCUT2D eigenvalue weighted by Gasteiger charge is -2.34. The maximum Gasteiger partial charge on any atom is 0.317 e. The SMILES string of the molecule is O=C(NCCCNC(=O)N1CCC(CN2CCCCCC2)CC1)c1ccccc1F. The molecule has 0 bridgehead atoms. The van der Waals surface area contributed by atoms with Crippen molar-refractivity contribution >= 4 is 11.9 Å². The highest BCUT2D eigenvalue weighted by molar-refractivity contribution is 5.94. The number of carbonyl (C=O) groups is 2. The number of amides is 3. The third-order valence-electron chi connectivity index (χ3n) is 6.15.